The maximum Gasteiger partial charge on any atom is 0.0938 e. The molecule has 0 aromatic rings. The molecule has 2 aliphatic heterocycles. The summed E-state index contributed by atoms with van der Waals surface area (Å²) in [6, 6.07) is 0. The normalized spacial score (nSPS) is 41.5. The van der Waals surface area contributed by atoms with Gasteiger partial charge in [0, 0.05) is 19.6 Å². The summed E-state index contributed by atoms with van der Waals surface area (Å²) in [6.07, 6.45) is 0.260. The van der Waals surface area contributed by atoms with E-state index in [1.807, 2.05) is 11.8 Å². The topological polar surface area (TPSA) is 43.7 Å². The smallest absolute Gasteiger partial charge is 0.0938 e. The standard InChI is InChI=1S/C9H17NO2S/c11-8-4-10(5-9(8)12)3-7-1-2-13-6-7/h7-9,11-12H,1-6H2/t7?,8-,9+. The van der Waals surface area contributed by atoms with Gasteiger partial charge in [-0.15, -0.1) is 0 Å². The van der Waals surface area contributed by atoms with Crippen LogP contribution < -0.4 is 0 Å². The molecular formula is C9H17NO2S. The van der Waals surface area contributed by atoms with Gasteiger partial charge in [-0.1, -0.05) is 0 Å². The van der Waals surface area contributed by atoms with Crippen LogP contribution >= 0.6 is 11.8 Å². The second kappa shape index (κ2) is 4.17. The molecule has 1 unspecified atom stereocenters. The zero-order chi connectivity index (χ0) is 9.26. The Kier molecular flexibility index (Phi) is 3.14. The molecule has 0 aromatic heterocycles. The van der Waals surface area contributed by atoms with E-state index in [2.05, 4.69) is 4.90 Å². The fourth-order valence-corrected chi connectivity index (χ4v) is 3.36. The second-order valence-electron chi connectivity index (χ2n) is 4.08. The summed E-state index contributed by atoms with van der Waals surface area (Å²) < 4.78 is 0. The number of nitrogens with zero attached hydrogens (tertiary/aromatic N) is 1. The third-order valence-electron chi connectivity index (χ3n) is 2.88. The Hall–Kier alpha value is 0.230. The van der Waals surface area contributed by atoms with Crippen LogP contribution in [0.2, 0.25) is 0 Å². The van der Waals surface area contributed by atoms with Crippen LogP contribution in [0.5, 0.6) is 0 Å². The summed E-state index contributed by atoms with van der Waals surface area (Å²) in [6.45, 7) is 2.37. The molecule has 4 heteroatoms. The highest BCUT2D eigenvalue weighted by atomic mass is 32.2. The highest BCUT2D eigenvalue weighted by Gasteiger charge is 2.31. The van der Waals surface area contributed by atoms with Crippen LogP contribution in [-0.4, -0.2) is 58.5 Å². The number of hydrogen-bond acceptors (Lipinski definition) is 4. The number of aliphatic hydroxyl groups is 2. The van der Waals surface area contributed by atoms with Crippen molar-refractivity contribution in [2.45, 2.75) is 18.6 Å². The van der Waals surface area contributed by atoms with Crippen LogP contribution in [0.15, 0.2) is 0 Å². The summed E-state index contributed by atoms with van der Waals surface area (Å²) in [4.78, 5) is 2.19. The lowest BCUT2D eigenvalue weighted by Gasteiger charge is -2.18. The summed E-state index contributed by atoms with van der Waals surface area (Å²) in [5, 5.41) is 18.7. The van der Waals surface area contributed by atoms with E-state index < -0.39 is 12.2 Å². The minimum Gasteiger partial charge on any atom is -0.389 e. The van der Waals surface area contributed by atoms with E-state index in [1.54, 1.807) is 0 Å². The number of thioether (sulfide) groups is 1. The van der Waals surface area contributed by atoms with Crippen molar-refractivity contribution in [2.24, 2.45) is 5.92 Å². The minimum atomic E-state index is -0.519. The molecular weight excluding hydrogens is 186 g/mol. The predicted octanol–water partition coefficient (Wildman–Crippen LogP) is -0.223. The van der Waals surface area contributed by atoms with Crippen molar-refractivity contribution in [1.82, 2.24) is 4.90 Å². The lowest BCUT2D eigenvalue weighted by atomic mass is 10.1. The summed E-state index contributed by atoms with van der Waals surface area (Å²) >= 11 is 2.02. The number of likely N-dealkylation sites (tertiary alicyclic amines) is 1. The van der Waals surface area contributed by atoms with Crippen molar-refractivity contribution >= 4 is 11.8 Å². The van der Waals surface area contributed by atoms with Gasteiger partial charge in [-0.3, -0.25) is 4.90 Å². The minimum absolute atomic E-state index is 0.519. The van der Waals surface area contributed by atoms with Gasteiger partial charge in [0.1, 0.15) is 0 Å². The summed E-state index contributed by atoms with van der Waals surface area (Å²) in [5.74, 6) is 3.31. The molecule has 0 aromatic carbocycles. The van der Waals surface area contributed by atoms with Gasteiger partial charge in [0.15, 0.2) is 0 Å². The van der Waals surface area contributed by atoms with Crippen molar-refractivity contribution in [2.75, 3.05) is 31.1 Å². The van der Waals surface area contributed by atoms with Crippen LogP contribution in [0.25, 0.3) is 0 Å². The molecule has 2 rings (SSSR count). The predicted molar refractivity (Wildman–Crippen MR) is 53.9 cm³/mol. The summed E-state index contributed by atoms with van der Waals surface area (Å²) in [5.41, 5.74) is 0. The number of aliphatic hydroxyl groups excluding tert-OH is 2. The van der Waals surface area contributed by atoms with Gasteiger partial charge in [0.2, 0.25) is 0 Å². The quantitative estimate of drug-likeness (QED) is 0.651. The van der Waals surface area contributed by atoms with Crippen LogP contribution in [-0.2, 0) is 0 Å². The van der Waals surface area contributed by atoms with Gasteiger partial charge >= 0.3 is 0 Å². The van der Waals surface area contributed by atoms with E-state index in [9.17, 15) is 10.2 Å². The molecule has 76 valence electrons. The maximum absolute atomic E-state index is 9.35. The Morgan fingerprint density at radius 2 is 1.92 bits per heavy atom. The fraction of sp³-hybridized carbons (Fsp3) is 1.00. The van der Waals surface area contributed by atoms with E-state index in [4.69, 9.17) is 0 Å². The first-order chi connectivity index (χ1) is 6.25. The molecule has 2 N–H and O–H groups in total. The first kappa shape index (κ1) is 9.77. The number of β-amino-alcohol motifs (C(OH)–C–C–N with tert-alkyl or cyclic N) is 2. The van der Waals surface area contributed by atoms with Crippen molar-refractivity contribution < 1.29 is 10.2 Å². The molecule has 2 aliphatic rings. The Labute approximate surface area is 83.1 Å². The highest BCUT2D eigenvalue weighted by Crippen LogP contribution is 2.25. The van der Waals surface area contributed by atoms with Gasteiger partial charge in [-0.2, -0.15) is 11.8 Å². The first-order valence-electron chi connectivity index (χ1n) is 4.92. The van der Waals surface area contributed by atoms with Gasteiger partial charge in [-0.25, -0.2) is 0 Å². The molecule has 0 radical (unpaired) electrons. The lowest BCUT2D eigenvalue weighted by molar-refractivity contribution is 0.0572. The maximum atomic E-state index is 9.35. The van der Waals surface area contributed by atoms with E-state index in [1.165, 1.54) is 17.9 Å². The van der Waals surface area contributed by atoms with E-state index >= 15 is 0 Å². The number of hydrogen-bond donors (Lipinski definition) is 2. The number of rotatable bonds is 2. The van der Waals surface area contributed by atoms with Crippen molar-refractivity contribution in [3.63, 3.8) is 0 Å². The van der Waals surface area contributed by atoms with Crippen LogP contribution in [0.4, 0.5) is 0 Å². The average Bonchev–Trinajstić information content (AvgIpc) is 2.64. The molecule has 0 saturated carbocycles. The molecule has 2 fully saturated rings. The Morgan fingerprint density at radius 1 is 1.23 bits per heavy atom. The van der Waals surface area contributed by atoms with Gasteiger partial charge in [0.05, 0.1) is 12.2 Å². The monoisotopic (exact) mass is 203 g/mol. The van der Waals surface area contributed by atoms with Gasteiger partial charge in [-0.05, 0) is 23.8 Å². The molecule has 0 amide bonds. The van der Waals surface area contributed by atoms with Crippen molar-refractivity contribution in [1.29, 1.82) is 0 Å². The Morgan fingerprint density at radius 3 is 2.46 bits per heavy atom. The van der Waals surface area contributed by atoms with Crippen molar-refractivity contribution in [3.05, 3.63) is 0 Å². The largest absolute Gasteiger partial charge is 0.389 e. The van der Waals surface area contributed by atoms with E-state index in [-0.39, 0.29) is 0 Å². The summed E-state index contributed by atoms with van der Waals surface area (Å²) in [7, 11) is 0. The fourth-order valence-electron chi connectivity index (χ4n) is 2.09. The molecule has 0 spiro atoms. The van der Waals surface area contributed by atoms with Crippen molar-refractivity contribution in [3.8, 4) is 0 Å². The van der Waals surface area contributed by atoms with Crippen LogP contribution in [0.1, 0.15) is 6.42 Å². The third-order valence-corrected chi connectivity index (χ3v) is 4.11. The zero-order valence-corrected chi connectivity index (χ0v) is 8.54. The van der Waals surface area contributed by atoms with Gasteiger partial charge < -0.3 is 10.2 Å². The lowest BCUT2D eigenvalue weighted by Crippen LogP contribution is -2.28. The molecule has 13 heavy (non-hydrogen) atoms. The third kappa shape index (κ3) is 2.37. The van der Waals surface area contributed by atoms with Gasteiger partial charge in [0.25, 0.3) is 0 Å². The SMILES string of the molecule is O[C@@H]1CN(CC2CCSC2)C[C@@H]1O. The molecule has 0 bridgehead atoms. The Bertz CT molecular complexity index is 163. The molecule has 2 saturated heterocycles. The first-order valence-corrected chi connectivity index (χ1v) is 6.07. The van der Waals surface area contributed by atoms with E-state index in [0.29, 0.717) is 13.1 Å². The second-order valence-corrected chi connectivity index (χ2v) is 5.23. The zero-order valence-electron chi connectivity index (χ0n) is 7.72. The molecule has 3 nitrogen and oxygen atoms in total. The van der Waals surface area contributed by atoms with E-state index in [0.717, 1.165) is 12.5 Å². The Balaban J connectivity index is 1.76. The average molecular weight is 203 g/mol. The molecule has 2 heterocycles. The molecule has 3 atom stereocenters. The van der Waals surface area contributed by atoms with Crippen LogP contribution in [0, 0.1) is 5.92 Å². The van der Waals surface area contributed by atoms with Crippen LogP contribution in [0.3, 0.4) is 0 Å². The highest BCUT2D eigenvalue weighted by molar-refractivity contribution is 7.99. The molecule has 0 aliphatic carbocycles.